The summed E-state index contributed by atoms with van der Waals surface area (Å²) >= 11 is 0. The standard InChI is InChI=1S/C14H20N4O2/c19-14(15-10-11-4-1-7-16-17-11)18-8-2-5-12(18)13-6-3-9-20-13/h1,4,7,12-13H,2-3,5-6,8-10H2,(H,15,19)/t12-,13-/m0/s1. The Kier molecular flexibility index (Phi) is 4.11. The van der Waals surface area contributed by atoms with Crippen LogP contribution in [0.1, 0.15) is 31.4 Å². The molecule has 0 radical (unpaired) electrons. The number of aromatic nitrogens is 2. The van der Waals surface area contributed by atoms with Crippen LogP contribution < -0.4 is 5.32 Å². The Balaban J connectivity index is 1.55. The first kappa shape index (κ1) is 13.3. The number of likely N-dealkylation sites (tertiary alicyclic amines) is 1. The quantitative estimate of drug-likeness (QED) is 0.904. The number of nitrogens with zero attached hydrogens (tertiary/aromatic N) is 3. The molecule has 3 rings (SSSR count). The monoisotopic (exact) mass is 276 g/mol. The summed E-state index contributed by atoms with van der Waals surface area (Å²) in [6.45, 7) is 2.06. The van der Waals surface area contributed by atoms with Crippen LogP contribution in [0.5, 0.6) is 0 Å². The fraction of sp³-hybridized carbons (Fsp3) is 0.643. The molecule has 2 amide bonds. The maximum absolute atomic E-state index is 12.3. The first-order valence-corrected chi connectivity index (χ1v) is 7.27. The Morgan fingerprint density at radius 3 is 3.15 bits per heavy atom. The molecule has 0 aromatic carbocycles. The van der Waals surface area contributed by atoms with Crippen molar-refractivity contribution in [2.45, 2.75) is 44.4 Å². The molecule has 0 saturated carbocycles. The van der Waals surface area contributed by atoms with E-state index in [-0.39, 0.29) is 18.2 Å². The zero-order valence-electron chi connectivity index (χ0n) is 11.5. The van der Waals surface area contributed by atoms with Crippen LogP contribution in [0.25, 0.3) is 0 Å². The molecule has 1 aromatic rings. The van der Waals surface area contributed by atoms with Gasteiger partial charge in [-0.15, -0.1) is 0 Å². The van der Waals surface area contributed by atoms with Gasteiger partial charge in [0.1, 0.15) is 0 Å². The molecule has 1 aromatic heterocycles. The summed E-state index contributed by atoms with van der Waals surface area (Å²) in [5.41, 5.74) is 0.772. The number of carbonyl (C=O) groups excluding carboxylic acids is 1. The number of urea groups is 1. The van der Waals surface area contributed by atoms with Crippen molar-refractivity contribution in [3.63, 3.8) is 0 Å². The SMILES string of the molecule is O=C(NCc1cccnn1)N1CCC[C@H]1[C@@H]1CCCO1. The Labute approximate surface area is 118 Å². The number of hydrogen-bond acceptors (Lipinski definition) is 4. The predicted molar refractivity (Wildman–Crippen MR) is 73.0 cm³/mol. The third kappa shape index (κ3) is 2.90. The molecule has 2 atom stereocenters. The summed E-state index contributed by atoms with van der Waals surface area (Å²) < 4.78 is 5.74. The van der Waals surface area contributed by atoms with Gasteiger partial charge >= 0.3 is 6.03 Å². The average Bonchev–Trinajstić information content (AvgIpc) is 3.15. The topological polar surface area (TPSA) is 67.4 Å². The van der Waals surface area contributed by atoms with Gasteiger partial charge in [-0.3, -0.25) is 0 Å². The minimum Gasteiger partial charge on any atom is -0.376 e. The van der Waals surface area contributed by atoms with E-state index >= 15 is 0 Å². The van der Waals surface area contributed by atoms with Crippen LogP contribution >= 0.6 is 0 Å². The van der Waals surface area contributed by atoms with Gasteiger partial charge in [0.2, 0.25) is 0 Å². The molecule has 6 heteroatoms. The van der Waals surface area contributed by atoms with Gasteiger partial charge in [0.25, 0.3) is 0 Å². The normalized spacial score (nSPS) is 25.9. The Morgan fingerprint density at radius 1 is 1.45 bits per heavy atom. The van der Waals surface area contributed by atoms with Gasteiger partial charge in [0.05, 0.1) is 24.4 Å². The van der Waals surface area contributed by atoms with E-state index in [9.17, 15) is 4.79 Å². The van der Waals surface area contributed by atoms with Crippen LogP contribution in [0.15, 0.2) is 18.3 Å². The van der Waals surface area contributed by atoms with E-state index in [0.29, 0.717) is 6.54 Å². The lowest BCUT2D eigenvalue weighted by Crippen LogP contribution is -2.47. The lowest BCUT2D eigenvalue weighted by Gasteiger charge is -2.28. The van der Waals surface area contributed by atoms with Gasteiger partial charge < -0.3 is 15.0 Å². The zero-order chi connectivity index (χ0) is 13.8. The highest BCUT2D eigenvalue weighted by molar-refractivity contribution is 5.74. The summed E-state index contributed by atoms with van der Waals surface area (Å²) in [4.78, 5) is 14.2. The molecule has 0 bridgehead atoms. The molecule has 108 valence electrons. The molecule has 3 heterocycles. The largest absolute Gasteiger partial charge is 0.376 e. The zero-order valence-corrected chi connectivity index (χ0v) is 11.5. The fourth-order valence-corrected chi connectivity index (χ4v) is 3.03. The van der Waals surface area contributed by atoms with Gasteiger partial charge in [-0.2, -0.15) is 10.2 Å². The molecule has 6 nitrogen and oxygen atoms in total. The molecule has 0 unspecified atom stereocenters. The second kappa shape index (κ2) is 6.17. The smallest absolute Gasteiger partial charge is 0.318 e. The van der Waals surface area contributed by atoms with Gasteiger partial charge in [0, 0.05) is 19.3 Å². The van der Waals surface area contributed by atoms with E-state index < -0.39 is 0 Å². The molecule has 2 fully saturated rings. The van der Waals surface area contributed by atoms with Crippen LogP contribution in [0.3, 0.4) is 0 Å². The molecular weight excluding hydrogens is 256 g/mol. The fourth-order valence-electron chi connectivity index (χ4n) is 3.03. The minimum absolute atomic E-state index is 0.0198. The second-order valence-electron chi connectivity index (χ2n) is 5.33. The molecule has 0 aliphatic carbocycles. The summed E-state index contributed by atoms with van der Waals surface area (Å²) in [7, 11) is 0. The van der Waals surface area contributed by atoms with E-state index in [1.165, 1.54) is 0 Å². The molecule has 0 spiro atoms. The van der Waals surface area contributed by atoms with Gasteiger partial charge in [0.15, 0.2) is 0 Å². The van der Waals surface area contributed by atoms with Crippen molar-refractivity contribution in [3.05, 3.63) is 24.0 Å². The summed E-state index contributed by atoms with van der Waals surface area (Å²) in [5.74, 6) is 0. The van der Waals surface area contributed by atoms with Crippen LogP contribution in [-0.2, 0) is 11.3 Å². The molecule has 1 N–H and O–H groups in total. The van der Waals surface area contributed by atoms with Crippen molar-refractivity contribution < 1.29 is 9.53 Å². The highest BCUT2D eigenvalue weighted by Crippen LogP contribution is 2.27. The predicted octanol–water partition coefficient (Wildman–Crippen LogP) is 1.33. The number of rotatable bonds is 3. The first-order chi connectivity index (χ1) is 9.84. The van der Waals surface area contributed by atoms with Gasteiger partial charge in [-0.25, -0.2) is 4.79 Å². The average molecular weight is 276 g/mol. The van der Waals surface area contributed by atoms with Crippen molar-refractivity contribution >= 4 is 6.03 Å². The third-order valence-electron chi connectivity index (χ3n) is 4.00. The highest BCUT2D eigenvalue weighted by atomic mass is 16.5. The van der Waals surface area contributed by atoms with Crippen LogP contribution in [-0.4, -0.2) is 46.4 Å². The first-order valence-electron chi connectivity index (χ1n) is 7.27. The third-order valence-corrected chi connectivity index (χ3v) is 4.00. The van der Waals surface area contributed by atoms with Crippen molar-refractivity contribution in [1.29, 1.82) is 0 Å². The number of hydrogen-bond donors (Lipinski definition) is 1. The van der Waals surface area contributed by atoms with Crippen molar-refractivity contribution in [2.75, 3.05) is 13.2 Å². The van der Waals surface area contributed by atoms with E-state index in [1.807, 2.05) is 17.0 Å². The van der Waals surface area contributed by atoms with Gasteiger partial charge in [-0.05, 0) is 37.8 Å². The lowest BCUT2D eigenvalue weighted by atomic mass is 10.1. The second-order valence-corrected chi connectivity index (χ2v) is 5.33. The van der Waals surface area contributed by atoms with Crippen molar-refractivity contribution in [3.8, 4) is 0 Å². The molecular formula is C14H20N4O2. The number of ether oxygens (including phenoxy) is 1. The minimum atomic E-state index is -0.0198. The number of amides is 2. The van der Waals surface area contributed by atoms with E-state index in [1.54, 1.807) is 6.20 Å². The lowest BCUT2D eigenvalue weighted by molar-refractivity contribution is 0.0520. The molecule has 20 heavy (non-hydrogen) atoms. The van der Waals surface area contributed by atoms with Crippen molar-refractivity contribution in [1.82, 2.24) is 20.4 Å². The van der Waals surface area contributed by atoms with Crippen molar-refractivity contribution in [2.24, 2.45) is 0 Å². The van der Waals surface area contributed by atoms with Crippen LogP contribution in [0, 0.1) is 0 Å². The molecule has 2 aliphatic rings. The van der Waals surface area contributed by atoms with Gasteiger partial charge in [-0.1, -0.05) is 0 Å². The number of carbonyl (C=O) groups is 1. The summed E-state index contributed by atoms with van der Waals surface area (Å²) in [5, 5.41) is 10.7. The van der Waals surface area contributed by atoms with E-state index in [4.69, 9.17) is 4.74 Å². The highest BCUT2D eigenvalue weighted by Gasteiger charge is 2.36. The molecule has 2 saturated heterocycles. The summed E-state index contributed by atoms with van der Waals surface area (Å²) in [6.07, 6.45) is 6.13. The maximum Gasteiger partial charge on any atom is 0.318 e. The maximum atomic E-state index is 12.3. The Hall–Kier alpha value is -1.69. The number of nitrogens with one attached hydrogen (secondary N) is 1. The van der Waals surface area contributed by atoms with E-state index in [0.717, 1.165) is 44.5 Å². The summed E-state index contributed by atoms with van der Waals surface area (Å²) in [6, 6.07) is 3.89. The van der Waals surface area contributed by atoms with E-state index in [2.05, 4.69) is 15.5 Å². The Morgan fingerprint density at radius 2 is 2.40 bits per heavy atom. The van der Waals surface area contributed by atoms with Crippen LogP contribution in [0.4, 0.5) is 4.79 Å². The van der Waals surface area contributed by atoms with Crippen LogP contribution in [0.2, 0.25) is 0 Å². The molecule has 2 aliphatic heterocycles. The Bertz CT molecular complexity index is 448.